The van der Waals surface area contributed by atoms with Crippen LogP contribution in [0, 0.1) is 10.1 Å². The molecule has 0 unspecified atom stereocenters. The number of nitro benzene ring substituents is 1. The molecule has 1 aliphatic carbocycles. The second-order valence-electron chi connectivity index (χ2n) is 5.28. The van der Waals surface area contributed by atoms with Crippen LogP contribution in [0.5, 0.6) is 0 Å². The zero-order valence-corrected chi connectivity index (χ0v) is 11.6. The van der Waals surface area contributed by atoms with Crippen LogP contribution in [0.3, 0.4) is 0 Å². The van der Waals surface area contributed by atoms with Gasteiger partial charge in [-0.15, -0.1) is 0 Å². The minimum Gasteiger partial charge on any atom is -0.393 e. The fourth-order valence-corrected chi connectivity index (χ4v) is 2.91. The fourth-order valence-electron chi connectivity index (χ4n) is 2.91. The lowest BCUT2D eigenvalue weighted by atomic mass is 9.90. The summed E-state index contributed by atoms with van der Waals surface area (Å²) in [6, 6.07) is 11.1. The van der Waals surface area contributed by atoms with Gasteiger partial charge < -0.3 is 11.1 Å². The summed E-state index contributed by atoms with van der Waals surface area (Å²) in [7, 11) is 0. The maximum absolute atomic E-state index is 11.2. The topological polar surface area (TPSA) is 81.2 Å². The summed E-state index contributed by atoms with van der Waals surface area (Å²) in [6.07, 6.45) is 4.44. The van der Waals surface area contributed by atoms with Crippen molar-refractivity contribution in [3.05, 3.63) is 57.6 Å². The van der Waals surface area contributed by atoms with Crippen LogP contribution in [-0.4, -0.2) is 4.92 Å². The highest BCUT2D eigenvalue weighted by atomic mass is 16.6. The number of fused-ring (bicyclic) bond motifs is 1. The number of nitro groups is 1. The molecule has 108 valence electrons. The highest BCUT2D eigenvalue weighted by Gasteiger charge is 2.19. The minimum absolute atomic E-state index is 0.0640. The van der Waals surface area contributed by atoms with Gasteiger partial charge in [-0.05, 0) is 55.0 Å². The molecule has 0 bridgehead atoms. The van der Waals surface area contributed by atoms with Crippen molar-refractivity contribution in [2.45, 2.75) is 25.7 Å². The van der Waals surface area contributed by atoms with Gasteiger partial charge in [0.25, 0.3) is 0 Å². The van der Waals surface area contributed by atoms with E-state index in [0.717, 1.165) is 24.9 Å². The fraction of sp³-hybridized carbons (Fsp3) is 0.250. The van der Waals surface area contributed by atoms with Crippen molar-refractivity contribution in [3.8, 4) is 0 Å². The molecule has 0 aromatic heterocycles. The van der Waals surface area contributed by atoms with Gasteiger partial charge in [-0.25, -0.2) is 0 Å². The Morgan fingerprint density at radius 2 is 1.76 bits per heavy atom. The molecule has 0 aliphatic heterocycles. The molecule has 0 fully saturated rings. The summed E-state index contributed by atoms with van der Waals surface area (Å²) in [5.74, 6) is 0. The van der Waals surface area contributed by atoms with Gasteiger partial charge in [-0.3, -0.25) is 10.1 Å². The molecule has 2 aromatic rings. The highest BCUT2D eigenvalue weighted by Crippen LogP contribution is 2.35. The predicted octanol–water partition coefficient (Wildman–Crippen LogP) is 3.80. The van der Waals surface area contributed by atoms with Crippen LogP contribution >= 0.6 is 0 Å². The van der Waals surface area contributed by atoms with Crippen molar-refractivity contribution < 1.29 is 4.92 Å². The zero-order chi connectivity index (χ0) is 14.8. The molecule has 0 amide bonds. The standard InChI is InChI=1S/C16H17N3O2/c17-13-8-4-10-15(16(13)19(20)21)18-14-9-3-6-11-5-1-2-7-12(11)14/h3-4,6,8-10,18H,1-2,5,7,17H2. The molecular weight excluding hydrogens is 266 g/mol. The summed E-state index contributed by atoms with van der Waals surface area (Å²) < 4.78 is 0. The highest BCUT2D eigenvalue weighted by molar-refractivity contribution is 5.79. The van der Waals surface area contributed by atoms with E-state index in [2.05, 4.69) is 11.4 Å². The maximum Gasteiger partial charge on any atom is 0.315 e. The summed E-state index contributed by atoms with van der Waals surface area (Å²) >= 11 is 0. The average Bonchev–Trinajstić information content (AvgIpc) is 2.47. The average molecular weight is 283 g/mol. The number of nitrogen functional groups attached to an aromatic ring is 1. The second kappa shape index (κ2) is 5.44. The number of hydrogen-bond acceptors (Lipinski definition) is 4. The Hall–Kier alpha value is -2.56. The minimum atomic E-state index is -0.437. The molecule has 0 heterocycles. The maximum atomic E-state index is 11.2. The number of aryl methyl sites for hydroxylation is 1. The van der Waals surface area contributed by atoms with Crippen molar-refractivity contribution in [2.24, 2.45) is 0 Å². The molecule has 1 aliphatic rings. The SMILES string of the molecule is Nc1cccc(Nc2cccc3c2CCCC3)c1[N+](=O)[O-]. The largest absolute Gasteiger partial charge is 0.393 e. The number of nitrogens with zero attached hydrogens (tertiary/aromatic N) is 1. The van der Waals surface area contributed by atoms with Crippen LogP contribution in [0.1, 0.15) is 24.0 Å². The number of benzene rings is 2. The molecule has 21 heavy (non-hydrogen) atoms. The molecule has 0 spiro atoms. The van der Waals surface area contributed by atoms with Gasteiger partial charge >= 0.3 is 5.69 Å². The molecular formula is C16H17N3O2. The molecule has 5 heteroatoms. The summed E-state index contributed by atoms with van der Waals surface area (Å²) in [5, 5.41) is 14.4. The molecule has 0 saturated heterocycles. The van der Waals surface area contributed by atoms with E-state index in [1.807, 2.05) is 12.1 Å². The van der Waals surface area contributed by atoms with Gasteiger partial charge in [-0.1, -0.05) is 18.2 Å². The van der Waals surface area contributed by atoms with Crippen molar-refractivity contribution in [1.82, 2.24) is 0 Å². The van der Waals surface area contributed by atoms with Gasteiger partial charge in [-0.2, -0.15) is 0 Å². The van der Waals surface area contributed by atoms with Crippen LogP contribution in [0.4, 0.5) is 22.7 Å². The monoisotopic (exact) mass is 283 g/mol. The third-order valence-corrected chi connectivity index (χ3v) is 3.92. The molecule has 2 aromatic carbocycles. The van der Waals surface area contributed by atoms with Crippen LogP contribution < -0.4 is 11.1 Å². The Bertz CT molecular complexity index is 698. The van der Waals surface area contributed by atoms with E-state index >= 15 is 0 Å². The van der Waals surface area contributed by atoms with Gasteiger partial charge in [0, 0.05) is 5.69 Å². The van der Waals surface area contributed by atoms with E-state index in [9.17, 15) is 10.1 Å². The predicted molar refractivity (Wildman–Crippen MR) is 83.9 cm³/mol. The Morgan fingerprint density at radius 1 is 1.05 bits per heavy atom. The zero-order valence-electron chi connectivity index (χ0n) is 11.6. The summed E-state index contributed by atoms with van der Waals surface area (Å²) in [4.78, 5) is 10.8. The number of hydrogen-bond donors (Lipinski definition) is 2. The van der Waals surface area contributed by atoms with Crippen LogP contribution in [0.2, 0.25) is 0 Å². The van der Waals surface area contributed by atoms with Crippen LogP contribution in [0.25, 0.3) is 0 Å². The van der Waals surface area contributed by atoms with E-state index in [1.165, 1.54) is 17.5 Å². The molecule has 5 nitrogen and oxygen atoms in total. The summed E-state index contributed by atoms with van der Waals surface area (Å²) in [6.45, 7) is 0. The number of para-hydroxylation sites is 1. The Labute approximate surface area is 122 Å². The van der Waals surface area contributed by atoms with Crippen LogP contribution in [-0.2, 0) is 12.8 Å². The number of anilines is 3. The van der Waals surface area contributed by atoms with Gasteiger partial charge in [0.2, 0.25) is 0 Å². The third kappa shape index (κ3) is 2.54. The quantitative estimate of drug-likeness (QED) is 0.510. The third-order valence-electron chi connectivity index (χ3n) is 3.92. The molecule has 0 saturated carbocycles. The van der Waals surface area contributed by atoms with E-state index in [-0.39, 0.29) is 11.4 Å². The van der Waals surface area contributed by atoms with Gasteiger partial charge in [0.1, 0.15) is 11.4 Å². The second-order valence-corrected chi connectivity index (χ2v) is 5.28. The molecule has 3 N–H and O–H groups in total. The van der Waals surface area contributed by atoms with Crippen molar-refractivity contribution >= 4 is 22.7 Å². The molecule has 3 rings (SSSR count). The van der Waals surface area contributed by atoms with Crippen molar-refractivity contribution in [2.75, 3.05) is 11.1 Å². The van der Waals surface area contributed by atoms with Gasteiger partial charge in [0.15, 0.2) is 0 Å². The first kappa shape index (κ1) is 13.4. The smallest absolute Gasteiger partial charge is 0.315 e. The Balaban J connectivity index is 2.02. The first-order valence-corrected chi connectivity index (χ1v) is 7.07. The lowest BCUT2D eigenvalue weighted by Gasteiger charge is -2.20. The summed E-state index contributed by atoms with van der Waals surface area (Å²) in [5.41, 5.74) is 9.83. The molecule has 0 radical (unpaired) electrons. The van der Waals surface area contributed by atoms with Crippen LogP contribution in [0.15, 0.2) is 36.4 Å². The van der Waals surface area contributed by atoms with Crippen molar-refractivity contribution in [1.29, 1.82) is 0 Å². The Kier molecular flexibility index (Phi) is 3.48. The van der Waals surface area contributed by atoms with E-state index in [1.54, 1.807) is 18.2 Å². The number of nitrogens with one attached hydrogen (secondary N) is 1. The van der Waals surface area contributed by atoms with Crippen molar-refractivity contribution in [3.63, 3.8) is 0 Å². The number of nitrogens with two attached hydrogens (primary N) is 1. The first-order chi connectivity index (χ1) is 10.2. The van der Waals surface area contributed by atoms with E-state index in [4.69, 9.17) is 5.73 Å². The first-order valence-electron chi connectivity index (χ1n) is 7.07. The normalized spacial score (nSPS) is 13.5. The Morgan fingerprint density at radius 3 is 2.57 bits per heavy atom. The van der Waals surface area contributed by atoms with E-state index in [0.29, 0.717) is 5.69 Å². The lowest BCUT2D eigenvalue weighted by molar-refractivity contribution is -0.383. The lowest BCUT2D eigenvalue weighted by Crippen LogP contribution is -2.07. The number of rotatable bonds is 3. The van der Waals surface area contributed by atoms with Gasteiger partial charge in [0.05, 0.1) is 4.92 Å². The molecule has 0 atom stereocenters. The van der Waals surface area contributed by atoms with E-state index < -0.39 is 4.92 Å².